The Balaban J connectivity index is 0.00000108. The number of carbonyl (C=O) groups excluding carboxylic acids is 1. The Kier molecular flexibility index (Phi) is 3.41. The maximum absolute atomic E-state index is 11.2. The first-order valence-electron chi connectivity index (χ1n) is 5.00. The molecule has 0 fully saturated rings. The second kappa shape index (κ2) is 4.82. The van der Waals surface area contributed by atoms with E-state index in [9.17, 15) is 4.79 Å². The lowest BCUT2D eigenvalue weighted by atomic mass is 10.2. The molecule has 17 heavy (non-hydrogen) atoms. The van der Waals surface area contributed by atoms with Crippen molar-refractivity contribution in [2.45, 2.75) is 9.79 Å². The quantitative estimate of drug-likeness (QED) is 0.728. The third-order valence-corrected chi connectivity index (χ3v) is 3.71. The number of amides is 1. The predicted octanol–water partition coefficient (Wildman–Crippen LogP) is 3.87. The van der Waals surface area contributed by atoms with Gasteiger partial charge in [0.2, 0.25) is 6.41 Å². The molecule has 1 aliphatic rings. The summed E-state index contributed by atoms with van der Waals surface area (Å²) >= 11 is 1.70. The summed E-state index contributed by atoms with van der Waals surface area (Å²) in [6.45, 7) is 0. The molecule has 3 rings (SSSR count). The summed E-state index contributed by atoms with van der Waals surface area (Å²) in [5.41, 5.74) is 1.92. The molecule has 0 radical (unpaired) electrons. The van der Waals surface area contributed by atoms with Crippen LogP contribution in [-0.4, -0.2) is 6.41 Å². The molecule has 1 amide bonds. The average Bonchev–Trinajstić information content (AvgIpc) is 2.36. The van der Waals surface area contributed by atoms with E-state index in [-0.39, 0.29) is 12.4 Å². The zero-order valence-electron chi connectivity index (χ0n) is 8.87. The molecule has 0 saturated carbocycles. The molecule has 0 atom stereocenters. The molecule has 0 unspecified atom stereocenters. The number of fused-ring (bicyclic) bond motifs is 2. The van der Waals surface area contributed by atoms with E-state index in [1.54, 1.807) is 16.7 Å². The fourth-order valence-electron chi connectivity index (χ4n) is 1.85. The van der Waals surface area contributed by atoms with Crippen molar-refractivity contribution in [3.8, 4) is 0 Å². The monoisotopic (exact) mass is 263 g/mol. The molecule has 4 heteroatoms. The van der Waals surface area contributed by atoms with Crippen molar-refractivity contribution >= 4 is 42.0 Å². The van der Waals surface area contributed by atoms with E-state index in [2.05, 4.69) is 0 Å². The molecule has 0 bridgehead atoms. The van der Waals surface area contributed by atoms with Crippen molar-refractivity contribution in [3.63, 3.8) is 0 Å². The summed E-state index contributed by atoms with van der Waals surface area (Å²) in [5.74, 6) is 0. The van der Waals surface area contributed by atoms with E-state index in [1.165, 1.54) is 0 Å². The first kappa shape index (κ1) is 12.0. The Morgan fingerprint density at radius 3 is 1.82 bits per heavy atom. The number of para-hydroxylation sites is 2. The maximum Gasteiger partial charge on any atom is 0.218 e. The molecule has 0 spiro atoms. The molecule has 0 saturated heterocycles. The van der Waals surface area contributed by atoms with Crippen LogP contribution in [-0.2, 0) is 4.79 Å². The van der Waals surface area contributed by atoms with Gasteiger partial charge in [0.05, 0.1) is 11.4 Å². The van der Waals surface area contributed by atoms with Crippen molar-refractivity contribution in [2.75, 3.05) is 4.90 Å². The summed E-state index contributed by atoms with van der Waals surface area (Å²) < 4.78 is 0. The minimum absolute atomic E-state index is 0. The summed E-state index contributed by atoms with van der Waals surface area (Å²) in [6.07, 6.45) is 0.872. The standard InChI is InChI=1S/C13H9NOS.ClH/c15-9-14-10-5-1-3-7-12(10)16-13-8-4-2-6-11(13)14;/h1-9H;1H. The molecule has 1 heterocycles. The zero-order valence-corrected chi connectivity index (χ0v) is 10.5. The fourth-order valence-corrected chi connectivity index (χ4v) is 2.92. The minimum Gasteiger partial charge on any atom is -0.281 e. The summed E-state index contributed by atoms with van der Waals surface area (Å²) in [5, 5.41) is 0. The topological polar surface area (TPSA) is 20.3 Å². The Morgan fingerprint density at radius 1 is 0.882 bits per heavy atom. The normalized spacial score (nSPS) is 12.1. The summed E-state index contributed by atoms with van der Waals surface area (Å²) in [6, 6.07) is 15.9. The van der Waals surface area contributed by atoms with Crippen molar-refractivity contribution in [1.82, 2.24) is 0 Å². The van der Waals surface area contributed by atoms with Gasteiger partial charge in [-0.2, -0.15) is 0 Å². The van der Waals surface area contributed by atoms with Crippen LogP contribution in [0.1, 0.15) is 0 Å². The molecule has 2 aromatic rings. The van der Waals surface area contributed by atoms with E-state index in [0.29, 0.717) is 0 Å². The van der Waals surface area contributed by atoms with Crippen LogP contribution in [0.4, 0.5) is 11.4 Å². The SMILES string of the molecule is Cl.O=CN1c2ccccc2Sc2ccccc21. The van der Waals surface area contributed by atoms with Gasteiger partial charge in [-0.15, -0.1) is 12.4 Å². The highest BCUT2D eigenvalue weighted by Gasteiger charge is 2.21. The lowest BCUT2D eigenvalue weighted by molar-refractivity contribution is -0.106. The van der Waals surface area contributed by atoms with Crippen molar-refractivity contribution < 1.29 is 4.79 Å². The Hall–Kier alpha value is -1.45. The van der Waals surface area contributed by atoms with Gasteiger partial charge in [-0.1, -0.05) is 36.0 Å². The average molecular weight is 264 g/mol. The molecule has 0 aromatic heterocycles. The number of nitrogens with zero attached hydrogens (tertiary/aromatic N) is 1. The molecule has 1 aliphatic heterocycles. The molecular formula is C13H10ClNOS. The number of anilines is 2. The van der Waals surface area contributed by atoms with Crippen LogP contribution in [0.2, 0.25) is 0 Å². The van der Waals surface area contributed by atoms with E-state index in [1.807, 2.05) is 48.5 Å². The fraction of sp³-hybridized carbons (Fsp3) is 0. The number of carbonyl (C=O) groups is 1. The highest BCUT2D eigenvalue weighted by Crippen LogP contribution is 2.46. The number of hydrogen-bond acceptors (Lipinski definition) is 2. The second-order valence-corrected chi connectivity index (χ2v) is 4.60. The lowest BCUT2D eigenvalue weighted by Crippen LogP contribution is -2.17. The van der Waals surface area contributed by atoms with E-state index in [4.69, 9.17) is 0 Å². The Labute approximate surface area is 110 Å². The minimum atomic E-state index is 0. The van der Waals surface area contributed by atoms with Gasteiger partial charge in [-0.05, 0) is 24.3 Å². The number of rotatable bonds is 1. The number of benzene rings is 2. The third-order valence-electron chi connectivity index (χ3n) is 2.57. The lowest BCUT2D eigenvalue weighted by Gasteiger charge is -2.27. The first-order valence-corrected chi connectivity index (χ1v) is 5.82. The zero-order chi connectivity index (χ0) is 11.0. The Bertz CT molecular complexity index is 513. The van der Waals surface area contributed by atoms with Crippen molar-refractivity contribution in [2.24, 2.45) is 0 Å². The first-order chi connectivity index (χ1) is 7.90. The smallest absolute Gasteiger partial charge is 0.218 e. The van der Waals surface area contributed by atoms with Crippen LogP contribution in [0.5, 0.6) is 0 Å². The van der Waals surface area contributed by atoms with Crippen LogP contribution in [0.25, 0.3) is 0 Å². The van der Waals surface area contributed by atoms with Crippen LogP contribution in [0, 0.1) is 0 Å². The summed E-state index contributed by atoms with van der Waals surface area (Å²) in [7, 11) is 0. The van der Waals surface area contributed by atoms with E-state index >= 15 is 0 Å². The maximum atomic E-state index is 11.2. The summed E-state index contributed by atoms with van der Waals surface area (Å²) in [4.78, 5) is 15.1. The van der Waals surface area contributed by atoms with Gasteiger partial charge in [-0.3, -0.25) is 9.69 Å². The van der Waals surface area contributed by atoms with Crippen LogP contribution in [0.15, 0.2) is 58.3 Å². The highest BCUT2D eigenvalue weighted by atomic mass is 35.5. The Morgan fingerprint density at radius 2 is 1.35 bits per heavy atom. The van der Waals surface area contributed by atoms with Crippen LogP contribution in [0.3, 0.4) is 0 Å². The largest absolute Gasteiger partial charge is 0.281 e. The van der Waals surface area contributed by atoms with Gasteiger partial charge in [0, 0.05) is 9.79 Å². The third kappa shape index (κ3) is 1.92. The molecule has 86 valence electrons. The number of hydrogen-bond donors (Lipinski definition) is 0. The van der Waals surface area contributed by atoms with Gasteiger partial charge < -0.3 is 0 Å². The van der Waals surface area contributed by atoms with E-state index < -0.39 is 0 Å². The number of halogens is 1. The second-order valence-electron chi connectivity index (χ2n) is 3.51. The van der Waals surface area contributed by atoms with Crippen molar-refractivity contribution in [3.05, 3.63) is 48.5 Å². The highest BCUT2D eigenvalue weighted by molar-refractivity contribution is 7.99. The van der Waals surface area contributed by atoms with E-state index in [0.717, 1.165) is 27.6 Å². The van der Waals surface area contributed by atoms with Gasteiger partial charge in [0.1, 0.15) is 0 Å². The molecule has 2 nitrogen and oxygen atoms in total. The molecule has 0 N–H and O–H groups in total. The van der Waals surface area contributed by atoms with Crippen molar-refractivity contribution in [1.29, 1.82) is 0 Å². The van der Waals surface area contributed by atoms with Gasteiger partial charge in [0.25, 0.3) is 0 Å². The molecular weight excluding hydrogens is 254 g/mol. The van der Waals surface area contributed by atoms with Gasteiger partial charge in [0.15, 0.2) is 0 Å². The molecule has 2 aromatic carbocycles. The van der Waals surface area contributed by atoms with Gasteiger partial charge >= 0.3 is 0 Å². The molecule has 0 aliphatic carbocycles. The van der Waals surface area contributed by atoms with Gasteiger partial charge in [-0.25, -0.2) is 0 Å². The van der Waals surface area contributed by atoms with Crippen LogP contribution < -0.4 is 4.90 Å². The van der Waals surface area contributed by atoms with Crippen LogP contribution >= 0.6 is 24.2 Å². The predicted molar refractivity (Wildman–Crippen MR) is 72.5 cm³/mol.